The van der Waals surface area contributed by atoms with Crippen LogP contribution in [0.15, 0.2) is 30.9 Å². The highest BCUT2D eigenvalue weighted by Gasteiger charge is 2.22. The Morgan fingerprint density at radius 2 is 1.95 bits per heavy atom. The van der Waals surface area contributed by atoms with Crippen LogP contribution in [0.5, 0.6) is 0 Å². The number of hydrogen-bond acceptors (Lipinski definition) is 2. The molecule has 0 unspecified atom stereocenters. The average Bonchev–Trinajstić information content (AvgIpc) is 2.47. The van der Waals surface area contributed by atoms with Crippen molar-refractivity contribution >= 4 is 5.69 Å². The predicted molar refractivity (Wildman–Crippen MR) is 93.4 cm³/mol. The SMILES string of the molecule is C=CCc1cc(C(C)C)ccc1N1CCC(N(C)C)CC1. The fraction of sp³-hybridized carbons (Fsp3) is 0.579. The van der Waals surface area contributed by atoms with Gasteiger partial charge >= 0.3 is 0 Å². The molecule has 1 aliphatic rings. The van der Waals surface area contributed by atoms with E-state index in [1.165, 1.54) is 29.7 Å². The van der Waals surface area contributed by atoms with Gasteiger partial charge in [0, 0.05) is 24.8 Å². The smallest absolute Gasteiger partial charge is 0.0402 e. The van der Waals surface area contributed by atoms with Crippen molar-refractivity contribution in [1.29, 1.82) is 0 Å². The Balaban J connectivity index is 2.17. The molecule has 0 aliphatic carbocycles. The van der Waals surface area contributed by atoms with Crippen LogP contribution in [0.3, 0.4) is 0 Å². The molecule has 0 aromatic heterocycles. The lowest BCUT2D eigenvalue weighted by molar-refractivity contribution is 0.249. The van der Waals surface area contributed by atoms with Crippen molar-refractivity contribution < 1.29 is 0 Å². The number of allylic oxidation sites excluding steroid dienone is 1. The molecule has 0 atom stereocenters. The topological polar surface area (TPSA) is 6.48 Å². The molecular weight excluding hydrogens is 256 g/mol. The fourth-order valence-electron chi connectivity index (χ4n) is 3.22. The minimum atomic E-state index is 0.585. The molecule has 1 aliphatic heterocycles. The first-order valence-electron chi connectivity index (χ1n) is 8.18. The maximum atomic E-state index is 3.93. The van der Waals surface area contributed by atoms with Crippen molar-refractivity contribution in [2.24, 2.45) is 0 Å². The van der Waals surface area contributed by atoms with Crippen molar-refractivity contribution in [1.82, 2.24) is 4.90 Å². The van der Waals surface area contributed by atoms with E-state index in [1.807, 2.05) is 6.08 Å². The van der Waals surface area contributed by atoms with Crippen LogP contribution in [0.2, 0.25) is 0 Å². The molecular formula is C19H30N2. The normalized spacial score (nSPS) is 16.8. The zero-order valence-electron chi connectivity index (χ0n) is 14.1. The van der Waals surface area contributed by atoms with Gasteiger partial charge in [-0.3, -0.25) is 0 Å². The zero-order chi connectivity index (χ0) is 15.4. The maximum absolute atomic E-state index is 3.93. The van der Waals surface area contributed by atoms with Gasteiger partial charge in [0.2, 0.25) is 0 Å². The van der Waals surface area contributed by atoms with Crippen molar-refractivity contribution in [3.63, 3.8) is 0 Å². The van der Waals surface area contributed by atoms with E-state index in [4.69, 9.17) is 0 Å². The Labute approximate surface area is 130 Å². The summed E-state index contributed by atoms with van der Waals surface area (Å²) in [5, 5.41) is 0. The second-order valence-electron chi connectivity index (χ2n) is 6.72. The summed E-state index contributed by atoms with van der Waals surface area (Å²) in [5.74, 6) is 0.585. The molecule has 1 saturated heterocycles. The fourth-order valence-corrected chi connectivity index (χ4v) is 3.22. The lowest BCUT2D eigenvalue weighted by Gasteiger charge is -2.37. The van der Waals surface area contributed by atoms with E-state index in [0.29, 0.717) is 5.92 Å². The quantitative estimate of drug-likeness (QED) is 0.753. The third-order valence-corrected chi connectivity index (χ3v) is 4.67. The summed E-state index contributed by atoms with van der Waals surface area (Å²) in [6.07, 6.45) is 5.50. The summed E-state index contributed by atoms with van der Waals surface area (Å²) < 4.78 is 0. The lowest BCUT2D eigenvalue weighted by Crippen LogP contribution is -2.42. The second kappa shape index (κ2) is 7.13. The number of nitrogens with zero attached hydrogens (tertiary/aromatic N) is 2. The molecule has 0 N–H and O–H groups in total. The zero-order valence-corrected chi connectivity index (χ0v) is 14.1. The molecule has 0 saturated carbocycles. The van der Waals surface area contributed by atoms with Gasteiger partial charge in [0.25, 0.3) is 0 Å². The first kappa shape index (κ1) is 16.1. The molecule has 0 bridgehead atoms. The number of anilines is 1. The predicted octanol–water partition coefficient (Wildman–Crippen LogP) is 4.07. The molecule has 2 nitrogen and oxygen atoms in total. The van der Waals surface area contributed by atoms with Gasteiger partial charge in [-0.1, -0.05) is 32.1 Å². The van der Waals surface area contributed by atoms with Crippen LogP contribution < -0.4 is 4.90 Å². The Hall–Kier alpha value is -1.28. The summed E-state index contributed by atoms with van der Waals surface area (Å²) in [6.45, 7) is 10.8. The molecule has 2 heteroatoms. The number of hydrogen-bond donors (Lipinski definition) is 0. The number of piperidine rings is 1. The maximum Gasteiger partial charge on any atom is 0.0402 e. The van der Waals surface area contributed by atoms with Crippen molar-refractivity contribution in [3.05, 3.63) is 42.0 Å². The molecule has 21 heavy (non-hydrogen) atoms. The Kier molecular flexibility index (Phi) is 5.46. The van der Waals surface area contributed by atoms with Crippen LogP contribution in [-0.4, -0.2) is 38.1 Å². The Bertz CT molecular complexity index is 468. The molecule has 1 aromatic carbocycles. The van der Waals surface area contributed by atoms with Crippen LogP contribution in [0.1, 0.15) is 43.7 Å². The van der Waals surface area contributed by atoms with Gasteiger partial charge in [-0.25, -0.2) is 0 Å². The summed E-state index contributed by atoms with van der Waals surface area (Å²) in [4.78, 5) is 4.92. The van der Waals surface area contributed by atoms with Crippen molar-refractivity contribution in [2.75, 3.05) is 32.1 Å². The Morgan fingerprint density at radius 3 is 2.48 bits per heavy atom. The minimum absolute atomic E-state index is 0.585. The van der Waals surface area contributed by atoms with E-state index >= 15 is 0 Å². The van der Waals surface area contributed by atoms with Crippen LogP contribution in [-0.2, 0) is 6.42 Å². The Morgan fingerprint density at radius 1 is 1.29 bits per heavy atom. The standard InChI is InChI=1S/C19H30N2/c1-6-7-17-14-16(15(2)3)8-9-19(17)21-12-10-18(11-13-21)20(4)5/h6,8-9,14-15,18H,1,7,10-13H2,2-5H3. The van der Waals surface area contributed by atoms with Crippen LogP contribution in [0.4, 0.5) is 5.69 Å². The highest BCUT2D eigenvalue weighted by molar-refractivity contribution is 5.56. The summed E-state index contributed by atoms with van der Waals surface area (Å²) in [7, 11) is 4.39. The van der Waals surface area contributed by atoms with Gasteiger partial charge in [-0.2, -0.15) is 0 Å². The first-order chi connectivity index (χ1) is 10.0. The van der Waals surface area contributed by atoms with Crippen LogP contribution >= 0.6 is 0 Å². The molecule has 2 rings (SSSR count). The number of benzene rings is 1. The van der Waals surface area contributed by atoms with Gasteiger partial charge in [-0.05, 0) is 56.5 Å². The monoisotopic (exact) mass is 286 g/mol. The molecule has 0 amide bonds. The summed E-state index contributed by atoms with van der Waals surface area (Å²) >= 11 is 0. The van der Waals surface area contributed by atoms with Gasteiger partial charge in [0.1, 0.15) is 0 Å². The van der Waals surface area contributed by atoms with Crippen LogP contribution in [0.25, 0.3) is 0 Å². The third-order valence-electron chi connectivity index (χ3n) is 4.67. The van der Waals surface area contributed by atoms with E-state index in [-0.39, 0.29) is 0 Å². The molecule has 1 fully saturated rings. The van der Waals surface area contributed by atoms with Crippen LogP contribution in [0, 0.1) is 0 Å². The van der Waals surface area contributed by atoms with Gasteiger partial charge in [0.05, 0.1) is 0 Å². The van der Waals surface area contributed by atoms with Gasteiger partial charge in [-0.15, -0.1) is 6.58 Å². The molecule has 116 valence electrons. The third kappa shape index (κ3) is 3.88. The first-order valence-corrected chi connectivity index (χ1v) is 8.18. The summed E-state index contributed by atoms with van der Waals surface area (Å²) in [5.41, 5.74) is 4.27. The molecule has 1 heterocycles. The average molecular weight is 286 g/mol. The minimum Gasteiger partial charge on any atom is -0.371 e. The van der Waals surface area contributed by atoms with E-state index in [0.717, 1.165) is 25.6 Å². The summed E-state index contributed by atoms with van der Waals surface area (Å²) in [6, 6.07) is 7.73. The largest absolute Gasteiger partial charge is 0.371 e. The van der Waals surface area contributed by atoms with E-state index in [2.05, 4.69) is 62.5 Å². The van der Waals surface area contributed by atoms with E-state index in [9.17, 15) is 0 Å². The second-order valence-corrected chi connectivity index (χ2v) is 6.72. The van der Waals surface area contributed by atoms with Gasteiger partial charge in [0.15, 0.2) is 0 Å². The van der Waals surface area contributed by atoms with Crippen molar-refractivity contribution in [2.45, 2.75) is 45.1 Å². The van der Waals surface area contributed by atoms with Crippen molar-refractivity contribution in [3.8, 4) is 0 Å². The van der Waals surface area contributed by atoms with E-state index < -0.39 is 0 Å². The molecule has 0 spiro atoms. The molecule has 1 aromatic rings. The number of rotatable bonds is 5. The highest BCUT2D eigenvalue weighted by Crippen LogP contribution is 2.29. The molecule has 0 radical (unpaired) electrons. The highest BCUT2D eigenvalue weighted by atomic mass is 15.2. The van der Waals surface area contributed by atoms with Gasteiger partial charge < -0.3 is 9.80 Å². The van der Waals surface area contributed by atoms with E-state index in [1.54, 1.807) is 0 Å². The lowest BCUT2D eigenvalue weighted by atomic mass is 9.96.